The molecule has 2 unspecified atom stereocenters. The number of nitro benzene ring substituents is 1. The summed E-state index contributed by atoms with van der Waals surface area (Å²) in [5.74, 6) is -2.16. The van der Waals surface area contributed by atoms with Crippen LogP contribution in [0.4, 0.5) is 10.1 Å². The number of nitrogens with zero attached hydrogens (tertiary/aromatic N) is 1. The highest BCUT2D eigenvalue weighted by Crippen LogP contribution is 2.57. The summed E-state index contributed by atoms with van der Waals surface area (Å²) in [6, 6.07) is 27.8. The van der Waals surface area contributed by atoms with Crippen LogP contribution in [0.25, 0.3) is 10.9 Å². The van der Waals surface area contributed by atoms with Gasteiger partial charge in [0.2, 0.25) is 5.54 Å². The Bertz CT molecular complexity index is 1870. The number of fused-ring (bicyclic) bond motifs is 3. The average Bonchev–Trinajstić information content (AvgIpc) is 3.46. The van der Waals surface area contributed by atoms with Crippen molar-refractivity contribution in [3.05, 3.63) is 147 Å². The van der Waals surface area contributed by atoms with Gasteiger partial charge in [0.25, 0.3) is 5.69 Å². The number of non-ortho nitro benzene ring substituents is 1. The Kier molecular flexibility index (Phi) is 7.68. The molecular weight excluding hydrogens is 577 g/mol. The summed E-state index contributed by atoms with van der Waals surface area (Å²) in [6.07, 6.45) is 0. The Balaban J connectivity index is 1.83. The third-order valence-corrected chi connectivity index (χ3v) is 8.40. The smallest absolute Gasteiger partial charge is 0.342 e. The molecule has 9 nitrogen and oxygen atoms in total. The van der Waals surface area contributed by atoms with E-state index in [-0.39, 0.29) is 18.9 Å². The second-order valence-corrected chi connectivity index (χ2v) is 10.7. The standard InChI is InChI=1S/C35H30FN3O6/c1-3-44-32(40)35(33(41)45-4-2)29-27-12-8-9-13-28(27)37-31(29)34(23-10-6-5-7-11-23,24-16-18-25(36)19-17-24)30(38-35)22-14-20-26(21-15-22)39(42)43/h5-21,30,37-38H,3-4H2,1-2H3. The van der Waals surface area contributed by atoms with Crippen LogP contribution in [-0.4, -0.2) is 35.1 Å². The molecule has 2 atom stereocenters. The number of carbonyl (C=O) groups excluding carboxylic acids is 2. The lowest BCUT2D eigenvalue weighted by molar-refractivity contribution is -0.384. The van der Waals surface area contributed by atoms with Gasteiger partial charge < -0.3 is 14.5 Å². The van der Waals surface area contributed by atoms with Crippen LogP contribution in [-0.2, 0) is 30.0 Å². The Morgan fingerprint density at radius 1 is 0.822 bits per heavy atom. The third-order valence-electron chi connectivity index (χ3n) is 8.40. The first-order valence-corrected chi connectivity index (χ1v) is 14.6. The number of hydrogen-bond donors (Lipinski definition) is 2. The fourth-order valence-electron chi connectivity index (χ4n) is 6.58. The van der Waals surface area contributed by atoms with E-state index in [1.54, 1.807) is 38.1 Å². The molecule has 0 aliphatic carbocycles. The van der Waals surface area contributed by atoms with Gasteiger partial charge in [0, 0.05) is 34.3 Å². The van der Waals surface area contributed by atoms with Crippen molar-refractivity contribution in [2.75, 3.05) is 13.2 Å². The van der Waals surface area contributed by atoms with E-state index in [0.29, 0.717) is 33.3 Å². The number of ether oxygens (including phenoxy) is 2. The van der Waals surface area contributed by atoms with Gasteiger partial charge in [-0.15, -0.1) is 0 Å². The van der Waals surface area contributed by atoms with Gasteiger partial charge in [-0.2, -0.15) is 0 Å². The molecule has 0 saturated heterocycles. The Morgan fingerprint density at radius 2 is 1.40 bits per heavy atom. The van der Waals surface area contributed by atoms with E-state index < -0.39 is 39.7 Å². The van der Waals surface area contributed by atoms with E-state index in [0.717, 1.165) is 5.56 Å². The largest absolute Gasteiger partial charge is 0.464 e. The molecule has 0 spiro atoms. The number of halogens is 1. The maximum Gasteiger partial charge on any atom is 0.342 e. The molecule has 5 aromatic rings. The van der Waals surface area contributed by atoms with Gasteiger partial charge in [-0.25, -0.2) is 14.0 Å². The Labute approximate surface area is 258 Å². The molecule has 228 valence electrons. The van der Waals surface area contributed by atoms with Gasteiger partial charge in [-0.3, -0.25) is 15.4 Å². The van der Waals surface area contributed by atoms with Gasteiger partial charge >= 0.3 is 11.9 Å². The fourth-order valence-corrected chi connectivity index (χ4v) is 6.58. The summed E-state index contributed by atoms with van der Waals surface area (Å²) < 4.78 is 25.7. The molecule has 0 bridgehead atoms. The van der Waals surface area contributed by atoms with E-state index in [2.05, 4.69) is 10.3 Å². The maximum atomic E-state index is 14.5. The number of aromatic amines is 1. The minimum absolute atomic E-state index is 0.0106. The summed E-state index contributed by atoms with van der Waals surface area (Å²) >= 11 is 0. The van der Waals surface area contributed by atoms with Crippen molar-refractivity contribution >= 4 is 28.5 Å². The number of H-pyrrole nitrogens is 1. The van der Waals surface area contributed by atoms with Crippen molar-refractivity contribution in [1.29, 1.82) is 0 Å². The molecule has 2 N–H and O–H groups in total. The normalized spacial score (nSPS) is 18.6. The predicted octanol–water partition coefficient (Wildman–Crippen LogP) is 6.22. The second-order valence-electron chi connectivity index (χ2n) is 10.7. The van der Waals surface area contributed by atoms with Crippen LogP contribution >= 0.6 is 0 Å². The number of nitro groups is 1. The number of hydrogen-bond acceptors (Lipinski definition) is 7. The third kappa shape index (κ3) is 4.56. The zero-order valence-electron chi connectivity index (χ0n) is 24.6. The van der Waals surface area contributed by atoms with Gasteiger partial charge in [0.1, 0.15) is 5.82 Å². The Morgan fingerprint density at radius 3 is 2.00 bits per heavy atom. The lowest BCUT2D eigenvalue weighted by atomic mass is 9.59. The highest BCUT2D eigenvalue weighted by molar-refractivity contribution is 6.10. The van der Waals surface area contributed by atoms with Gasteiger partial charge in [0.15, 0.2) is 0 Å². The van der Waals surface area contributed by atoms with Crippen LogP contribution in [0.1, 0.15) is 47.8 Å². The molecule has 1 aliphatic heterocycles. The molecule has 10 heteroatoms. The van der Waals surface area contributed by atoms with E-state index in [4.69, 9.17) is 9.47 Å². The zero-order chi connectivity index (χ0) is 31.8. The second kappa shape index (κ2) is 11.6. The van der Waals surface area contributed by atoms with Crippen LogP contribution in [0, 0.1) is 15.9 Å². The average molecular weight is 608 g/mol. The van der Waals surface area contributed by atoms with Crippen LogP contribution in [0.5, 0.6) is 0 Å². The quantitative estimate of drug-likeness (QED) is 0.0930. The number of carbonyl (C=O) groups is 2. The van der Waals surface area contributed by atoms with E-state index in [1.165, 1.54) is 24.3 Å². The zero-order valence-corrected chi connectivity index (χ0v) is 24.6. The predicted molar refractivity (Wildman–Crippen MR) is 165 cm³/mol. The van der Waals surface area contributed by atoms with Crippen LogP contribution in [0.2, 0.25) is 0 Å². The van der Waals surface area contributed by atoms with Crippen molar-refractivity contribution in [1.82, 2.24) is 10.3 Å². The van der Waals surface area contributed by atoms with Crippen molar-refractivity contribution in [2.24, 2.45) is 0 Å². The van der Waals surface area contributed by atoms with Gasteiger partial charge in [-0.1, -0.05) is 72.8 Å². The topological polar surface area (TPSA) is 124 Å². The summed E-state index contributed by atoms with van der Waals surface area (Å²) in [5.41, 5.74) is -0.138. The summed E-state index contributed by atoms with van der Waals surface area (Å²) in [7, 11) is 0. The Hall–Kier alpha value is -5.35. The first kappa shape index (κ1) is 29.7. The first-order valence-electron chi connectivity index (χ1n) is 14.6. The van der Waals surface area contributed by atoms with Crippen molar-refractivity contribution in [2.45, 2.75) is 30.8 Å². The minimum Gasteiger partial charge on any atom is -0.464 e. The van der Waals surface area contributed by atoms with Crippen LogP contribution < -0.4 is 5.32 Å². The highest BCUT2D eigenvalue weighted by Gasteiger charge is 2.64. The molecule has 4 aromatic carbocycles. The SMILES string of the molecule is CCOC(=O)C1(C(=O)OCC)NC(c2ccc([N+](=O)[O-])cc2)C(c2ccccc2)(c2ccc(F)cc2)c2[nH]c3ccccc3c21. The molecule has 1 aliphatic rings. The molecule has 45 heavy (non-hydrogen) atoms. The monoisotopic (exact) mass is 607 g/mol. The lowest BCUT2D eigenvalue weighted by Gasteiger charge is -2.50. The fraction of sp³-hybridized carbons (Fsp3) is 0.200. The maximum absolute atomic E-state index is 14.5. The molecule has 0 radical (unpaired) electrons. The number of esters is 2. The number of para-hydroxylation sites is 1. The van der Waals surface area contributed by atoms with Gasteiger partial charge in [-0.05, 0) is 48.7 Å². The molecule has 0 saturated carbocycles. The lowest BCUT2D eigenvalue weighted by Crippen LogP contribution is -2.65. The summed E-state index contributed by atoms with van der Waals surface area (Å²) in [5, 5.41) is 15.6. The molecular formula is C35H30FN3O6. The number of nitrogens with one attached hydrogen (secondary N) is 2. The van der Waals surface area contributed by atoms with Crippen LogP contribution in [0.15, 0.2) is 103 Å². The molecule has 1 aromatic heterocycles. The van der Waals surface area contributed by atoms with Crippen molar-refractivity contribution in [3.8, 4) is 0 Å². The highest BCUT2D eigenvalue weighted by atomic mass is 19.1. The van der Waals surface area contributed by atoms with Crippen molar-refractivity contribution < 1.29 is 28.4 Å². The van der Waals surface area contributed by atoms with E-state index in [9.17, 15) is 24.1 Å². The molecule has 6 rings (SSSR count). The minimum atomic E-state index is -2.15. The van der Waals surface area contributed by atoms with Crippen molar-refractivity contribution in [3.63, 3.8) is 0 Å². The van der Waals surface area contributed by atoms with E-state index in [1.807, 2.05) is 54.6 Å². The number of aromatic nitrogens is 1. The summed E-state index contributed by atoms with van der Waals surface area (Å²) in [4.78, 5) is 43.1. The number of benzene rings is 4. The molecule has 0 fully saturated rings. The van der Waals surface area contributed by atoms with Gasteiger partial charge in [0.05, 0.1) is 29.6 Å². The van der Waals surface area contributed by atoms with Crippen LogP contribution in [0.3, 0.4) is 0 Å². The number of rotatable bonds is 8. The first-order chi connectivity index (χ1) is 21.8. The summed E-state index contributed by atoms with van der Waals surface area (Å²) in [6.45, 7) is 3.28. The molecule has 2 heterocycles. The van der Waals surface area contributed by atoms with E-state index >= 15 is 0 Å². The molecule has 0 amide bonds.